The molecule has 1 atom stereocenters. The molecular formula is C13H20N2O2. The van der Waals surface area contributed by atoms with Crippen LogP contribution in [0.15, 0.2) is 16.5 Å². The number of nitrogens with zero attached hydrogens (tertiary/aromatic N) is 1. The van der Waals surface area contributed by atoms with Gasteiger partial charge >= 0.3 is 0 Å². The minimum atomic E-state index is -0.00105. The van der Waals surface area contributed by atoms with Crippen LogP contribution in [0.1, 0.15) is 30.4 Å². The lowest BCUT2D eigenvalue weighted by Crippen LogP contribution is -2.45. The Bertz CT molecular complexity index is 367. The van der Waals surface area contributed by atoms with Crippen molar-refractivity contribution in [2.75, 3.05) is 26.2 Å². The summed E-state index contributed by atoms with van der Waals surface area (Å²) in [5, 5.41) is 12.5. The van der Waals surface area contributed by atoms with E-state index in [0.717, 1.165) is 37.9 Å². The van der Waals surface area contributed by atoms with E-state index in [4.69, 9.17) is 9.52 Å². The third-order valence-electron chi connectivity index (χ3n) is 3.74. The maximum atomic E-state index is 9.08. The van der Waals surface area contributed by atoms with Gasteiger partial charge in [0.05, 0.1) is 6.04 Å². The Kier molecular flexibility index (Phi) is 3.18. The van der Waals surface area contributed by atoms with Crippen LogP contribution in [0.3, 0.4) is 0 Å². The molecule has 94 valence electrons. The van der Waals surface area contributed by atoms with E-state index in [0.29, 0.717) is 11.8 Å². The highest BCUT2D eigenvalue weighted by molar-refractivity contribution is 5.13. The van der Waals surface area contributed by atoms with Gasteiger partial charge in [-0.05, 0) is 30.9 Å². The third-order valence-corrected chi connectivity index (χ3v) is 3.74. The van der Waals surface area contributed by atoms with Crippen molar-refractivity contribution in [2.24, 2.45) is 5.92 Å². The molecule has 0 bridgehead atoms. The molecule has 1 aromatic heterocycles. The van der Waals surface area contributed by atoms with Crippen LogP contribution in [0.5, 0.6) is 0 Å². The van der Waals surface area contributed by atoms with Crippen molar-refractivity contribution in [3.8, 4) is 0 Å². The molecule has 1 aliphatic carbocycles. The number of hydrogen-bond acceptors (Lipinski definition) is 4. The SMILES string of the molecule is OCc1ccc([C@@H](C2CC2)N2CCNCC2)o1. The van der Waals surface area contributed by atoms with E-state index in [1.165, 1.54) is 12.8 Å². The van der Waals surface area contributed by atoms with Crippen molar-refractivity contribution in [2.45, 2.75) is 25.5 Å². The summed E-state index contributed by atoms with van der Waals surface area (Å²) in [5.41, 5.74) is 0. The molecule has 2 fully saturated rings. The Morgan fingerprint density at radius 2 is 2.12 bits per heavy atom. The van der Waals surface area contributed by atoms with E-state index >= 15 is 0 Å². The molecule has 2 N–H and O–H groups in total. The highest BCUT2D eigenvalue weighted by atomic mass is 16.4. The number of nitrogens with one attached hydrogen (secondary N) is 1. The molecule has 1 aliphatic heterocycles. The van der Waals surface area contributed by atoms with Crippen LogP contribution in [0, 0.1) is 5.92 Å². The lowest BCUT2D eigenvalue weighted by molar-refractivity contribution is 0.132. The van der Waals surface area contributed by atoms with Crippen LogP contribution in [0.4, 0.5) is 0 Å². The largest absolute Gasteiger partial charge is 0.462 e. The molecule has 1 saturated heterocycles. The number of piperazine rings is 1. The molecular weight excluding hydrogens is 216 g/mol. The van der Waals surface area contributed by atoms with Crippen LogP contribution in [0.2, 0.25) is 0 Å². The zero-order valence-electron chi connectivity index (χ0n) is 10.1. The van der Waals surface area contributed by atoms with Gasteiger partial charge in [-0.1, -0.05) is 0 Å². The first-order chi connectivity index (χ1) is 8.38. The first kappa shape index (κ1) is 11.3. The minimum absolute atomic E-state index is 0.00105. The molecule has 0 unspecified atom stereocenters. The number of furan rings is 1. The van der Waals surface area contributed by atoms with E-state index in [-0.39, 0.29) is 6.61 Å². The summed E-state index contributed by atoms with van der Waals surface area (Å²) in [7, 11) is 0. The Morgan fingerprint density at radius 1 is 1.35 bits per heavy atom. The van der Waals surface area contributed by atoms with E-state index in [1.54, 1.807) is 0 Å². The van der Waals surface area contributed by atoms with Gasteiger partial charge in [-0.2, -0.15) is 0 Å². The molecule has 0 spiro atoms. The molecule has 4 nitrogen and oxygen atoms in total. The maximum Gasteiger partial charge on any atom is 0.129 e. The lowest BCUT2D eigenvalue weighted by atomic mass is 10.1. The van der Waals surface area contributed by atoms with Crippen LogP contribution in [-0.2, 0) is 6.61 Å². The van der Waals surface area contributed by atoms with E-state index in [2.05, 4.69) is 10.2 Å². The molecule has 0 radical (unpaired) electrons. The highest BCUT2D eigenvalue weighted by Crippen LogP contribution is 2.45. The summed E-state index contributed by atoms with van der Waals surface area (Å²) in [5.74, 6) is 2.48. The van der Waals surface area contributed by atoms with Crippen molar-refractivity contribution in [3.63, 3.8) is 0 Å². The Hall–Kier alpha value is -0.840. The van der Waals surface area contributed by atoms with Gasteiger partial charge in [0, 0.05) is 26.2 Å². The van der Waals surface area contributed by atoms with Gasteiger partial charge in [0.1, 0.15) is 18.1 Å². The molecule has 0 aromatic carbocycles. The van der Waals surface area contributed by atoms with Crippen molar-refractivity contribution in [3.05, 3.63) is 23.7 Å². The fraction of sp³-hybridized carbons (Fsp3) is 0.692. The molecule has 17 heavy (non-hydrogen) atoms. The Morgan fingerprint density at radius 3 is 2.71 bits per heavy atom. The van der Waals surface area contributed by atoms with Crippen LogP contribution >= 0.6 is 0 Å². The van der Waals surface area contributed by atoms with Crippen LogP contribution in [-0.4, -0.2) is 36.2 Å². The van der Waals surface area contributed by atoms with E-state index < -0.39 is 0 Å². The van der Waals surface area contributed by atoms with Gasteiger partial charge < -0.3 is 14.8 Å². The normalized spacial score (nSPS) is 23.8. The second kappa shape index (κ2) is 4.80. The molecule has 1 saturated carbocycles. The summed E-state index contributed by atoms with van der Waals surface area (Å²) in [4.78, 5) is 2.52. The van der Waals surface area contributed by atoms with Gasteiger partial charge in [0.15, 0.2) is 0 Å². The van der Waals surface area contributed by atoms with E-state index in [1.807, 2.05) is 12.1 Å². The van der Waals surface area contributed by atoms with Crippen molar-refractivity contribution >= 4 is 0 Å². The molecule has 3 rings (SSSR count). The predicted molar refractivity (Wildman–Crippen MR) is 64.5 cm³/mol. The molecule has 4 heteroatoms. The van der Waals surface area contributed by atoms with Crippen LogP contribution in [0.25, 0.3) is 0 Å². The quantitative estimate of drug-likeness (QED) is 0.822. The smallest absolute Gasteiger partial charge is 0.129 e. The molecule has 1 aromatic rings. The maximum absolute atomic E-state index is 9.08. The average molecular weight is 236 g/mol. The Balaban J connectivity index is 1.78. The summed E-state index contributed by atoms with van der Waals surface area (Å²) in [6.07, 6.45) is 2.62. The van der Waals surface area contributed by atoms with Gasteiger partial charge in [-0.25, -0.2) is 0 Å². The summed E-state index contributed by atoms with van der Waals surface area (Å²) in [6.45, 7) is 4.32. The first-order valence-corrected chi connectivity index (χ1v) is 6.52. The minimum Gasteiger partial charge on any atom is -0.462 e. The number of aliphatic hydroxyl groups is 1. The fourth-order valence-corrected chi connectivity index (χ4v) is 2.72. The third kappa shape index (κ3) is 2.39. The summed E-state index contributed by atoms with van der Waals surface area (Å²) in [6, 6.07) is 4.36. The van der Waals surface area contributed by atoms with E-state index in [9.17, 15) is 0 Å². The lowest BCUT2D eigenvalue weighted by Gasteiger charge is -2.34. The van der Waals surface area contributed by atoms with Gasteiger partial charge in [-0.3, -0.25) is 4.90 Å². The second-order valence-corrected chi connectivity index (χ2v) is 5.03. The summed E-state index contributed by atoms with van der Waals surface area (Å²) >= 11 is 0. The first-order valence-electron chi connectivity index (χ1n) is 6.52. The molecule has 2 aliphatic rings. The standard InChI is InChI=1S/C13H20N2O2/c16-9-11-3-4-12(17-11)13(10-1-2-10)15-7-5-14-6-8-15/h3-4,10,13-14,16H,1-2,5-9H2/t13-/m1/s1. The molecule has 0 amide bonds. The van der Waals surface area contributed by atoms with Crippen molar-refractivity contribution in [1.82, 2.24) is 10.2 Å². The monoisotopic (exact) mass is 236 g/mol. The summed E-state index contributed by atoms with van der Waals surface area (Å²) < 4.78 is 5.74. The van der Waals surface area contributed by atoms with Gasteiger partial charge in [-0.15, -0.1) is 0 Å². The second-order valence-electron chi connectivity index (χ2n) is 5.03. The zero-order chi connectivity index (χ0) is 11.7. The van der Waals surface area contributed by atoms with Crippen molar-refractivity contribution in [1.29, 1.82) is 0 Å². The predicted octanol–water partition coefficient (Wildman–Crippen LogP) is 1.13. The fourth-order valence-electron chi connectivity index (χ4n) is 2.72. The van der Waals surface area contributed by atoms with Gasteiger partial charge in [0.2, 0.25) is 0 Å². The average Bonchev–Trinajstić information content (AvgIpc) is 3.09. The van der Waals surface area contributed by atoms with Gasteiger partial charge in [0.25, 0.3) is 0 Å². The number of aliphatic hydroxyl groups excluding tert-OH is 1. The highest BCUT2D eigenvalue weighted by Gasteiger charge is 2.38. The number of rotatable bonds is 4. The molecule has 2 heterocycles. The topological polar surface area (TPSA) is 48.6 Å². The van der Waals surface area contributed by atoms with Crippen LogP contribution < -0.4 is 5.32 Å². The Labute approximate surface area is 102 Å². The van der Waals surface area contributed by atoms with Crippen molar-refractivity contribution < 1.29 is 9.52 Å². The number of hydrogen-bond donors (Lipinski definition) is 2. The zero-order valence-corrected chi connectivity index (χ0v) is 10.1.